The minimum absolute atomic E-state index is 0.259. The van der Waals surface area contributed by atoms with Crippen molar-refractivity contribution >= 4 is 12.0 Å². The fourth-order valence-electron chi connectivity index (χ4n) is 4.23. The summed E-state index contributed by atoms with van der Waals surface area (Å²) in [5.74, 6) is 0.682. The number of rotatable bonds is 7. The number of esters is 1. The highest BCUT2D eigenvalue weighted by molar-refractivity contribution is 5.95. The highest BCUT2D eigenvalue weighted by atomic mass is 16.5. The van der Waals surface area contributed by atoms with Crippen LogP contribution in [0.5, 0.6) is 11.5 Å². The van der Waals surface area contributed by atoms with Crippen LogP contribution < -0.4 is 25.0 Å². The summed E-state index contributed by atoms with van der Waals surface area (Å²) in [6, 6.07) is 4.88. The average molecular weight is 419 g/mol. The summed E-state index contributed by atoms with van der Waals surface area (Å²) in [4.78, 5) is 26.8. The van der Waals surface area contributed by atoms with Gasteiger partial charge in [0.15, 0.2) is 11.5 Å². The van der Waals surface area contributed by atoms with Crippen molar-refractivity contribution in [1.29, 1.82) is 0 Å². The molecule has 0 aromatic heterocycles. The molecule has 1 fully saturated rings. The first kappa shape index (κ1) is 22.0. The van der Waals surface area contributed by atoms with E-state index in [0.29, 0.717) is 35.4 Å². The number of amides is 2. The molecule has 3 atom stereocenters. The first-order chi connectivity index (χ1) is 14.5. The first-order valence-corrected chi connectivity index (χ1v) is 10.5. The maximum Gasteiger partial charge on any atom is 0.338 e. The lowest BCUT2D eigenvalue weighted by molar-refractivity contribution is -0.924. The zero-order valence-electron chi connectivity index (χ0n) is 18.2. The predicted molar refractivity (Wildman–Crippen MR) is 112 cm³/mol. The topological polar surface area (TPSA) is 90.3 Å². The molecule has 8 heteroatoms. The maximum atomic E-state index is 13.0. The van der Waals surface area contributed by atoms with Gasteiger partial charge in [-0.15, -0.1) is 0 Å². The third-order valence-corrected chi connectivity index (χ3v) is 5.88. The number of urea groups is 1. The summed E-state index contributed by atoms with van der Waals surface area (Å²) in [5.41, 5.74) is 1.79. The Balaban J connectivity index is 2.03. The third kappa shape index (κ3) is 4.70. The van der Waals surface area contributed by atoms with Gasteiger partial charge in [-0.2, -0.15) is 0 Å². The number of carbonyl (C=O) groups is 2. The third-order valence-electron chi connectivity index (χ3n) is 5.88. The molecule has 164 valence electrons. The predicted octanol–water partition coefficient (Wildman–Crippen LogP) is 1.33. The standard InChI is InChI=1S/C22H31N3O5/c1-5-30-21(26)19-16(13-25-11-7-6-8-14(25)2)23-22(27)24-20(19)15-9-10-17(28-3)18(12-15)29-4/h9-10,12,14,20H,5-8,11,13H2,1-4H3,(H2,23,24,27)/p+1/t14-,20+/m0/s1. The van der Waals surface area contributed by atoms with Crippen molar-refractivity contribution in [2.75, 3.05) is 33.9 Å². The second-order valence-electron chi connectivity index (χ2n) is 7.74. The van der Waals surface area contributed by atoms with Gasteiger partial charge in [0.25, 0.3) is 0 Å². The molecule has 1 unspecified atom stereocenters. The van der Waals surface area contributed by atoms with Gasteiger partial charge in [0.05, 0.1) is 50.7 Å². The SMILES string of the molecule is CCOC(=O)C1=C(C[NH+]2CCCC[C@@H]2C)NC(=O)N[C@@H]1c1ccc(OC)c(OC)c1. The minimum atomic E-state index is -0.632. The number of methoxy groups -OCH3 is 2. The van der Waals surface area contributed by atoms with Crippen LogP contribution >= 0.6 is 0 Å². The van der Waals surface area contributed by atoms with Gasteiger partial charge in [-0.3, -0.25) is 0 Å². The van der Waals surface area contributed by atoms with Gasteiger partial charge in [-0.1, -0.05) is 6.07 Å². The number of quaternary nitrogens is 1. The number of hydrogen-bond donors (Lipinski definition) is 3. The second kappa shape index (κ2) is 9.84. The molecule has 0 saturated carbocycles. The number of nitrogens with one attached hydrogen (secondary N) is 3. The summed E-state index contributed by atoms with van der Waals surface area (Å²) >= 11 is 0. The Morgan fingerprint density at radius 1 is 1.20 bits per heavy atom. The fourth-order valence-corrected chi connectivity index (χ4v) is 4.23. The van der Waals surface area contributed by atoms with Crippen molar-refractivity contribution in [3.63, 3.8) is 0 Å². The number of hydrogen-bond acceptors (Lipinski definition) is 5. The van der Waals surface area contributed by atoms with Crippen LogP contribution in [0.25, 0.3) is 0 Å². The van der Waals surface area contributed by atoms with E-state index in [9.17, 15) is 9.59 Å². The van der Waals surface area contributed by atoms with Crippen molar-refractivity contribution in [1.82, 2.24) is 10.6 Å². The van der Waals surface area contributed by atoms with Gasteiger partial charge in [0.1, 0.15) is 6.54 Å². The number of carbonyl (C=O) groups excluding carboxylic acids is 2. The molecular formula is C22H32N3O5+. The highest BCUT2D eigenvalue weighted by Gasteiger charge is 2.36. The Bertz CT molecular complexity index is 823. The summed E-state index contributed by atoms with van der Waals surface area (Å²) in [6.45, 7) is 5.84. The van der Waals surface area contributed by atoms with E-state index in [4.69, 9.17) is 14.2 Å². The van der Waals surface area contributed by atoms with Crippen LogP contribution in [0.2, 0.25) is 0 Å². The lowest BCUT2D eigenvalue weighted by Crippen LogP contribution is -3.16. The number of piperidine rings is 1. The van der Waals surface area contributed by atoms with Crippen LogP contribution in [0.3, 0.4) is 0 Å². The Morgan fingerprint density at radius 3 is 2.63 bits per heavy atom. The van der Waals surface area contributed by atoms with Gasteiger partial charge < -0.3 is 29.7 Å². The number of benzene rings is 1. The molecule has 30 heavy (non-hydrogen) atoms. The molecule has 2 amide bonds. The Labute approximate surface area is 177 Å². The zero-order valence-corrected chi connectivity index (χ0v) is 18.2. The molecule has 1 aromatic carbocycles. The smallest absolute Gasteiger partial charge is 0.338 e. The van der Waals surface area contributed by atoms with E-state index in [1.54, 1.807) is 33.3 Å². The van der Waals surface area contributed by atoms with Crippen LogP contribution in [0.1, 0.15) is 44.7 Å². The molecule has 3 N–H and O–H groups in total. The van der Waals surface area contributed by atoms with Crippen LogP contribution in [0.4, 0.5) is 4.79 Å². The van der Waals surface area contributed by atoms with Crippen LogP contribution in [0, 0.1) is 0 Å². The molecule has 1 aromatic rings. The van der Waals surface area contributed by atoms with Crippen molar-refractivity contribution in [3.05, 3.63) is 35.0 Å². The Hall–Kier alpha value is -2.74. The van der Waals surface area contributed by atoms with Crippen LogP contribution in [0.15, 0.2) is 29.5 Å². The fraction of sp³-hybridized carbons (Fsp3) is 0.545. The van der Waals surface area contributed by atoms with E-state index in [-0.39, 0.29) is 12.6 Å². The van der Waals surface area contributed by atoms with E-state index in [1.165, 1.54) is 11.3 Å². The zero-order chi connectivity index (χ0) is 21.7. The van der Waals surface area contributed by atoms with E-state index in [1.807, 2.05) is 6.07 Å². The van der Waals surface area contributed by atoms with E-state index in [0.717, 1.165) is 24.9 Å². The summed E-state index contributed by atoms with van der Waals surface area (Å²) < 4.78 is 16.1. The molecule has 1 saturated heterocycles. The van der Waals surface area contributed by atoms with Crippen molar-refractivity contribution < 1.29 is 28.7 Å². The average Bonchev–Trinajstić information content (AvgIpc) is 2.74. The molecule has 0 bridgehead atoms. The quantitative estimate of drug-likeness (QED) is 0.582. The van der Waals surface area contributed by atoms with Crippen molar-refractivity contribution in [2.24, 2.45) is 0 Å². The van der Waals surface area contributed by atoms with Gasteiger partial charge >= 0.3 is 12.0 Å². The molecule has 0 aliphatic carbocycles. The Morgan fingerprint density at radius 2 is 1.97 bits per heavy atom. The second-order valence-corrected chi connectivity index (χ2v) is 7.74. The lowest BCUT2D eigenvalue weighted by atomic mass is 9.94. The molecule has 0 spiro atoms. The largest absolute Gasteiger partial charge is 0.493 e. The van der Waals surface area contributed by atoms with Crippen LogP contribution in [-0.4, -0.2) is 52.0 Å². The highest BCUT2D eigenvalue weighted by Crippen LogP contribution is 2.34. The summed E-state index contributed by atoms with van der Waals surface area (Å²) in [5, 5.41) is 5.75. The molecule has 3 rings (SSSR count). The van der Waals surface area contributed by atoms with Gasteiger partial charge in [-0.25, -0.2) is 9.59 Å². The molecular weight excluding hydrogens is 386 g/mol. The van der Waals surface area contributed by atoms with Crippen molar-refractivity contribution in [2.45, 2.75) is 45.2 Å². The van der Waals surface area contributed by atoms with Gasteiger partial charge in [-0.05, 0) is 50.8 Å². The minimum Gasteiger partial charge on any atom is -0.493 e. The number of likely N-dealkylation sites (tertiary alicyclic amines) is 1. The lowest BCUT2D eigenvalue weighted by Gasteiger charge is -2.34. The molecule has 8 nitrogen and oxygen atoms in total. The van der Waals surface area contributed by atoms with Crippen LogP contribution in [-0.2, 0) is 9.53 Å². The van der Waals surface area contributed by atoms with E-state index >= 15 is 0 Å². The first-order valence-electron chi connectivity index (χ1n) is 10.5. The number of ether oxygens (including phenoxy) is 3. The van der Waals surface area contributed by atoms with Gasteiger partial charge in [0.2, 0.25) is 0 Å². The molecule has 2 heterocycles. The normalized spacial score (nSPS) is 24.0. The molecule has 0 radical (unpaired) electrons. The summed E-state index contributed by atoms with van der Waals surface area (Å²) in [7, 11) is 3.12. The van der Waals surface area contributed by atoms with Gasteiger partial charge in [0, 0.05) is 0 Å². The Kier molecular flexibility index (Phi) is 7.20. The summed E-state index contributed by atoms with van der Waals surface area (Å²) in [6.07, 6.45) is 3.51. The maximum absolute atomic E-state index is 13.0. The molecule has 2 aliphatic heterocycles. The monoisotopic (exact) mass is 418 g/mol. The molecule has 2 aliphatic rings. The van der Waals surface area contributed by atoms with Crippen molar-refractivity contribution in [3.8, 4) is 11.5 Å². The van der Waals surface area contributed by atoms with E-state index < -0.39 is 12.0 Å². The van der Waals surface area contributed by atoms with E-state index in [2.05, 4.69) is 17.6 Å².